The number of hydrogen-bond donors (Lipinski definition) is 1. The van der Waals surface area contributed by atoms with Crippen molar-refractivity contribution in [2.24, 2.45) is 0 Å². The quantitative estimate of drug-likeness (QED) is 0.652. The van der Waals surface area contributed by atoms with E-state index in [4.69, 9.17) is 34.8 Å². The molecule has 2 aromatic rings. The largest absolute Gasteiger partial charge is 0.323 e. The Morgan fingerprint density at radius 3 is 2.48 bits per heavy atom. The van der Waals surface area contributed by atoms with Crippen LogP contribution in [0.5, 0.6) is 0 Å². The molecule has 1 saturated heterocycles. The molecule has 0 atom stereocenters. The molecule has 3 amide bonds. The second kappa shape index (κ2) is 8.35. The van der Waals surface area contributed by atoms with E-state index in [-0.39, 0.29) is 4.91 Å². The summed E-state index contributed by atoms with van der Waals surface area (Å²) in [6, 6.07) is 11.5. The highest BCUT2D eigenvalue weighted by atomic mass is 35.5. The lowest BCUT2D eigenvalue weighted by Crippen LogP contribution is -2.36. The van der Waals surface area contributed by atoms with Crippen LogP contribution in [0.15, 0.2) is 47.4 Å². The lowest BCUT2D eigenvalue weighted by atomic mass is 10.2. The van der Waals surface area contributed by atoms with Gasteiger partial charge in [0.15, 0.2) is 0 Å². The minimum Gasteiger partial charge on any atom is -0.323 e. The van der Waals surface area contributed by atoms with Crippen LogP contribution in [0.1, 0.15) is 5.56 Å². The highest BCUT2D eigenvalue weighted by Gasteiger charge is 2.36. The third-order valence-corrected chi connectivity index (χ3v) is 5.54. The first-order valence-corrected chi connectivity index (χ1v) is 9.55. The Hall–Kier alpha value is -1.99. The van der Waals surface area contributed by atoms with Gasteiger partial charge in [0.1, 0.15) is 6.54 Å². The SMILES string of the molecule is O=C(CN1C(=O)S/C(=C/c2ccc(Cl)c(Cl)c2)C1=O)Nc1ccccc1Cl. The fraction of sp³-hybridized carbons (Fsp3) is 0.0556. The van der Waals surface area contributed by atoms with Crippen LogP contribution in [-0.2, 0) is 9.59 Å². The topological polar surface area (TPSA) is 66.5 Å². The molecule has 3 rings (SSSR count). The fourth-order valence-corrected chi connectivity index (χ4v) is 3.61. The molecule has 1 aliphatic heterocycles. The minimum absolute atomic E-state index is 0.198. The smallest absolute Gasteiger partial charge is 0.294 e. The molecule has 0 spiro atoms. The molecule has 1 heterocycles. The number of anilines is 1. The number of halogens is 3. The summed E-state index contributed by atoms with van der Waals surface area (Å²) in [5.41, 5.74) is 1.03. The number of nitrogens with zero attached hydrogens (tertiary/aromatic N) is 1. The van der Waals surface area contributed by atoms with Gasteiger partial charge in [0.25, 0.3) is 11.1 Å². The van der Waals surface area contributed by atoms with Crippen LogP contribution < -0.4 is 5.32 Å². The van der Waals surface area contributed by atoms with Crippen LogP contribution >= 0.6 is 46.6 Å². The van der Waals surface area contributed by atoms with E-state index in [1.807, 2.05) is 0 Å². The van der Waals surface area contributed by atoms with Crippen molar-refractivity contribution in [2.45, 2.75) is 0 Å². The van der Waals surface area contributed by atoms with Crippen molar-refractivity contribution in [3.05, 3.63) is 68.0 Å². The first-order chi connectivity index (χ1) is 12.8. The standard InChI is InChI=1S/C18H11Cl3N2O3S/c19-11-6-5-10(7-13(11)21)8-15-17(25)23(18(26)27-15)9-16(24)22-14-4-2-1-3-12(14)20/h1-8H,9H2,(H,22,24)/b15-8+. The Balaban J connectivity index is 1.72. The summed E-state index contributed by atoms with van der Waals surface area (Å²) in [5.74, 6) is -1.08. The van der Waals surface area contributed by atoms with Crippen molar-refractivity contribution >= 4 is 75.4 Å². The molecule has 138 valence electrons. The van der Waals surface area contributed by atoms with Gasteiger partial charge >= 0.3 is 0 Å². The maximum absolute atomic E-state index is 12.5. The average molecular weight is 442 g/mol. The van der Waals surface area contributed by atoms with E-state index >= 15 is 0 Å². The highest BCUT2D eigenvalue weighted by molar-refractivity contribution is 8.18. The molecule has 1 aliphatic rings. The molecule has 0 aliphatic carbocycles. The summed E-state index contributed by atoms with van der Waals surface area (Å²) in [6.45, 7) is -0.408. The van der Waals surface area contributed by atoms with Gasteiger partial charge in [-0.2, -0.15) is 0 Å². The van der Waals surface area contributed by atoms with Gasteiger partial charge in [0, 0.05) is 0 Å². The van der Waals surface area contributed by atoms with E-state index in [0.717, 1.165) is 16.7 Å². The zero-order chi connectivity index (χ0) is 19.6. The lowest BCUT2D eigenvalue weighted by Gasteiger charge is -2.13. The molecule has 0 bridgehead atoms. The molecule has 0 aromatic heterocycles. The number of para-hydroxylation sites is 1. The molecule has 27 heavy (non-hydrogen) atoms. The van der Waals surface area contributed by atoms with Gasteiger partial charge in [-0.1, -0.05) is 53.0 Å². The molecule has 1 N–H and O–H groups in total. The Labute approximate surface area is 174 Å². The average Bonchev–Trinajstić information content (AvgIpc) is 2.88. The first-order valence-electron chi connectivity index (χ1n) is 7.60. The van der Waals surface area contributed by atoms with Crippen LogP contribution in [0.3, 0.4) is 0 Å². The predicted octanol–water partition coefficient (Wildman–Crippen LogP) is 5.32. The zero-order valence-corrected chi connectivity index (χ0v) is 16.6. The normalized spacial score (nSPS) is 15.5. The fourth-order valence-electron chi connectivity index (χ4n) is 2.29. The monoisotopic (exact) mass is 440 g/mol. The van der Waals surface area contributed by atoms with Crippen molar-refractivity contribution in [1.82, 2.24) is 4.90 Å². The number of imide groups is 1. The molecule has 0 radical (unpaired) electrons. The third-order valence-electron chi connectivity index (χ3n) is 3.56. The van der Waals surface area contributed by atoms with E-state index < -0.39 is 23.6 Å². The van der Waals surface area contributed by atoms with Crippen LogP contribution in [0.4, 0.5) is 10.5 Å². The molecule has 9 heteroatoms. The maximum atomic E-state index is 12.5. The second-order valence-electron chi connectivity index (χ2n) is 5.47. The number of benzene rings is 2. The first kappa shape index (κ1) is 19.8. The predicted molar refractivity (Wildman–Crippen MR) is 109 cm³/mol. The van der Waals surface area contributed by atoms with Gasteiger partial charge < -0.3 is 5.32 Å². The summed E-state index contributed by atoms with van der Waals surface area (Å²) < 4.78 is 0. The molecule has 1 fully saturated rings. The molecular weight excluding hydrogens is 431 g/mol. The Kier molecular flexibility index (Phi) is 6.11. The van der Waals surface area contributed by atoms with E-state index in [2.05, 4.69) is 5.32 Å². The van der Waals surface area contributed by atoms with Gasteiger partial charge in [-0.25, -0.2) is 0 Å². The number of amides is 3. The van der Waals surface area contributed by atoms with E-state index in [1.54, 1.807) is 42.5 Å². The van der Waals surface area contributed by atoms with Crippen molar-refractivity contribution in [2.75, 3.05) is 11.9 Å². The molecule has 0 unspecified atom stereocenters. The van der Waals surface area contributed by atoms with Crippen molar-refractivity contribution in [1.29, 1.82) is 0 Å². The van der Waals surface area contributed by atoms with Crippen LogP contribution in [0, 0.1) is 0 Å². The third kappa shape index (κ3) is 4.65. The van der Waals surface area contributed by atoms with Gasteiger partial charge in [-0.05, 0) is 47.7 Å². The number of hydrogen-bond acceptors (Lipinski definition) is 4. The number of carbonyl (C=O) groups excluding carboxylic acids is 3. The van der Waals surface area contributed by atoms with Crippen LogP contribution in [0.2, 0.25) is 15.1 Å². The van der Waals surface area contributed by atoms with Gasteiger partial charge in [-0.15, -0.1) is 0 Å². The van der Waals surface area contributed by atoms with Crippen molar-refractivity contribution < 1.29 is 14.4 Å². The molecule has 0 saturated carbocycles. The maximum Gasteiger partial charge on any atom is 0.294 e. The number of thioether (sulfide) groups is 1. The molecule has 2 aromatic carbocycles. The Bertz CT molecular complexity index is 978. The van der Waals surface area contributed by atoms with E-state index in [1.165, 1.54) is 6.08 Å². The van der Waals surface area contributed by atoms with E-state index in [0.29, 0.717) is 26.3 Å². The summed E-state index contributed by atoms with van der Waals surface area (Å²) in [6.07, 6.45) is 1.53. The Morgan fingerprint density at radius 2 is 1.78 bits per heavy atom. The number of carbonyl (C=O) groups is 3. The molecular formula is C18H11Cl3N2O3S. The number of nitrogens with one attached hydrogen (secondary N) is 1. The summed E-state index contributed by atoms with van der Waals surface area (Å²) >= 11 is 18.6. The van der Waals surface area contributed by atoms with Crippen molar-refractivity contribution in [3.8, 4) is 0 Å². The van der Waals surface area contributed by atoms with Gasteiger partial charge in [-0.3, -0.25) is 19.3 Å². The van der Waals surface area contributed by atoms with Gasteiger partial charge in [0.2, 0.25) is 5.91 Å². The summed E-state index contributed by atoms with van der Waals surface area (Å²) in [4.78, 5) is 37.9. The second-order valence-corrected chi connectivity index (χ2v) is 7.68. The minimum atomic E-state index is -0.551. The van der Waals surface area contributed by atoms with Gasteiger partial charge in [0.05, 0.1) is 25.7 Å². The zero-order valence-electron chi connectivity index (χ0n) is 13.5. The summed E-state index contributed by atoms with van der Waals surface area (Å²) in [7, 11) is 0. The van der Waals surface area contributed by atoms with E-state index in [9.17, 15) is 14.4 Å². The highest BCUT2D eigenvalue weighted by Crippen LogP contribution is 2.33. The van der Waals surface area contributed by atoms with Crippen molar-refractivity contribution in [3.63, 3.8) is 0 Å². The molecule has 5 nitrogen and oxygen atoms in total. The summed E-state index contributed by atoms with van der Waals surface area (Å²) in [5, 5.41) is 3.14. The lowest BCUT2D eigenvalue weighted by molar-refractivity contribution is -0.127. The number of rotatable bonds is 4. The Morgan fingerprint density at radius 1 is 1.04 bits per heavy atom. The van der Waals surface area contributed by atoms with Crippen LogP contribution in [-0.4, -0.2) is 28.5 Å². The van der Waals surface area contributed by atoms with Crippen LogP contribution in [0.25, 0.3) is 6.08 Å².